The molecule has 90 valence electrons. The number of hydrogen-bond donors (Lipinski definition) is 0. The number of nitrogens with zero attached hydrogens (tertiary/aromatic N) is 2. The third-order valence-corrected chi connectivity index (χ3v) is 3.29. The van der Waals surface area contributed by atoms with Crippen molar-refractivity contribution in [3.05, 3.63) is 59.9 Å². The highest BCUT2D eigenvalue weighted by Gasteiger charge is 2.13. The topological polar surface area (TPSA) is 17.3 Å². The second-order valence-corrected chi connectivity index (χ2v) is 4.49. The van der Waals surface area contributed by atoms with Gasteiger partial charge in [0, 0.05) is 11.3 Å². The molecule has 18 heavy (non-hydrogen) atoms. The standard InChI is InChI=1S/C16H16N2/c1-3-14-16(13-9-5-4-6-10-13)18-12(2)8-7-11-15(18)17-14/h4-11H,3H2,1-2H3. The lowest BCUT2D eigenvalue weighted by Gasteiger charge is -2.06. The van der Waals surface area contributed by atoms with Gasteiger partial charge >= 0.3 is 0 Å². The minimum Gasteiger partial charge on any atom is -0.297 e. The van der Waals surface area contributed by atoms with E-state index in [9.17, 15) is 0 Å². The Morgan fingerprint density at radius 3 is 2.50 bits per heavy atom. The lowest BCUT2D eigenvalue weighted by Crippen LogP contribution is -1.94. The molecule has 0 aliphatic heterocycles. The van der Waals surface area contributed by atoms with Crippen molar-refractivity contribution in [2.24, 2.45) is 0 Å². The molecular formula is C16H16N2. The van der Waals surface area contributed by atoms with E-state index in [0.29, 0.717) is 0 Å². The summed E-state index contributed by atoms with van der Waals surface area (Å²) in [6.45, 7) is 4.28. The van der Waals surface area contributed by atoms with Crippen LogP contribution >= 0.6 is 0 Å². The van der Waals surface area contributed by atoms with Crippen LogP contribution in [0.15, 0.2) is 48.5 Å². The molecule has 2 heteroatoms. The molecule has 1 aromatic carbocycles. The second kappa shape index (κ2) is 4.30. The Labute approximate surface area is 107 Å². The Morgan fingerprint density at radius 2 is 1.78 bits per heavy atom. The molecule has 2 aromatic heterocycles. The van der Waals surface area contributed by atoms with Crippen LogP contribution in [-0.2, 0) is 6.42 Å². The van der Waals surface area contributed by atoms with Gasteiger partial charge in [-0.05, 0) is 25.5 Å². The summed E-state index contributed by atoms with van der Waals surface area (Å²) in [5.41, 5.74) is 5.88. The molecule has 0 radical (unpaired) electrons. The molecule has 2 nitrogen and oxygen atoms in total. The van der Waals surface area contributed by atoms with Crippen LogP contribution in [0.1, 0.15) is 18.3 Å². The molecule has 0 atom stereocenters. The summed E-state index contributed by atoms with van der Waals surface area (Å²) in [6.07, 6.45) is 0.950. The molecule has 0 aliphatic rings. The fraction of sp³-hybridized carbons (Fsp3) is 0.188. The van der Waals surface area contributed by atoms with E-state index in [1.807, 2.05) is 6.07 Å². The van der Waals surface area contributed by atoms with Crippen LogP contribution in [0.3, 0.4) is 0 Å². The van der Waals surface area contributed by atoms with E-state index in [4.69, 9.17) is 4.98 Å². The van der Waals surface area contributed by atoms with Gasteiger partial charge in [-0.25, -0.2) is 4.98 Å². The summed E-state index contributed by atoms with van der Waals surface area (Å²) >= 11 is 0. The molecule has 0 saturated carbocycles. The fourth-order valence-corrected chi connectivity index (χ4v) is 2.44. The first-order valence-corrected chi connectivity index (χ1v) is 6.33. The van der Waals surface area contributed by atoms with Crippen molar-refractivity contribution in [3.8, 4) is 11.3 Å². The van der Waals surface area contributed by atoms with E-state index < -0.39 is 0 Å². The van der Waals surface area contributed by atoms with Crippen molar-refractivity contribution in [1.82, 2.24) is 9.38 Å². The van der Waals surface area contributed by atoms with E-state index in [0.717, 1.165) is 17.8 Å². The zero-order chi connectivity index (χ0) is 12.5. The summed E-state index contributed by atoms with van der Waals surface area (Å²) in [4.78, 5) is 4.73. The van der Waals surface area contributed by atoms with E-state index in [2.05, 4.69) is 60.7 Å². The monoisotopic (exact) mass is 236 g/mol. The molecule has 2 heterocycles. The quantitative estimate of drug-likeness (QED) is 0.660. The highest BCUT2D eigenvalue weighted by Crippen LogP contribution is 2.26. The Balaban J connectivity index is 2.39. The predicted molar refractivity (Wildman–Crippen MR) is 74.7 cm³/mol. The molecule has 0 unspecified atom stereocenters. The number of aryl methyl sites for hydroxylation is 2. The Hall–Kier alpha value is -2.09. The van der Waals surface area contributed by atoms with E-state index in [-0.39, 0.29) is 0 Å². The van der Waals surface area contributed by atoms with Crippen molar-refractivity contribution in [2.75, 3.05) is 0 Å². The smallest absolute Gasteiger partial charge is 0.137 e. The number of fused-ring (bicyclic) bond motifs is 1. The maximum atomic E-state index is 4.73. The molecule has 0 aliphatic carbocycles. The molecule has 0 bridgehead atoms. The van der Waals surface area contributed by atoms with Crippen LogP contribution in [0, 0.1) is 6.92 Å². The average molecular weight is 236 g/mol. The summed E-state index contributed by atoms with van der Waals surface area (Å²) in [5, 5.41) is 0. The highest BCUT2D eigenvalue weighted by atomic mass is 15.0. The van der Waals surface area contributed by atoms with Gasteiger partial charge < -0.3 is 0 Å². The molecule has 0 fully saturated rings. The van der Waals surface area contributed by atoms with Crippen LogP contribution < -0.4 is 0 Å². The second-order valence-electron chi connectivity index (χ2n) is 4.49. The van der Waals surface area contributed by atoms with Gasteiger partial charge in [-0.15, -0.1) is 0 Å². The number of benzene rings is 1. The molecule has 3 rings (SSSR count). The van der Waals surface area contributed by atoms with E-state index in [1.54, 1.807) is 0 Å². The number of hydrogen-bond acceptors (Lipinski definition) is 1. The first-order chi connectivity index (χ1) is 8.81. The molecular weight excluding hydrogens is 220 g/mol. The third-order valence-electron chi connectivity index (χ3n) is 3.29. The van der Waals surface area contributed by atoms with Gasteiger partial charge in [0.1, 0.15) is 5.65 Å². The van der Waals surface area contributed by atoms with Crippen LogP contribution in [0.2, 0.25) is 0 Å². The molecule has 0 amide bonds. The lowest BCUT2D eigenvalue weighted by molar-refractivity contribution is 1.06. The van der Waals surface area contributed by atoms with Gasteiger partial charge in [-0.1, -0.05) is 43.3 Å². The minimum atomic E-state index is 0.950. The Bertz CT molecular complexity index is 681. The number of pyridine rings is 1. The fourth-order valence-electron chi connectivity index (χ4n) is 2.44. The molecule has 0 N–H and O–H groups in total. The van der Waals surface area contributed by atoms with E-state index >= 15 is 0 Å². The third kappa shape index (κ3) is 1.61. The van der Waals surface area contributed by atoms with Crippen LogP contribution in [-0.4, -0.2) is 9.38 Å². The summed E-state index contributed by atoms with van der Waals surface area (Å²) in [5.74, 6) is 0. The van der Waals surface area contributed by atoms with E-state index in [1.165, 1.54) is 17.0 Å². The van der Waals surface area contributed by atoms with Gasteiger partial charge in [-0.3, -0.25) is 4.40 Å². The zero-order valence-electron chi connectivity index (χ0n) is 10.7. The minimum absolute atomic E-state index is 0.950. The maximum Gasteiger partial charge on any atom is 0.137 e. The normalized spacial score (nSPS) is 11.0. The van der Waals surface area contributed by atoms with Crippen molar-refractivity contribution in [2.45, 2.75) is 20.3 Å². The Morgan fingerprint density at radius 1 is 1.00 bits per heavy atom. The SMILES string of the molecule is CCc1nc2cccc(C)n2c1-c1ccccc1. The van der Waals surface area contributed by atoms with Crippen molar-refractivity contribution in [3.63, 3.8) is 0 Å². The number of imidazole rings is 1. The van der Waals surface area contributed by atoms with Gasteiger partial charge in [0.2, 0.25) is 0 Å². The van der Waals surface area contributed by atoms with Gasteiger partial charge in [0.15, 0.2) is 0 Å². The summed E-state index contributed by atoms with van der Waals surface area (Å²) < 4.78 is 2.24. The highest BCUT2D eigenvalue weighted by molar-refractivity contribution is 5.67. The largest absolute Gasteiger partial charge is 0.297 e. The first kappa shape index (κ1) is 11.0. The van der Waals surface area contributed by atoms with Crippen molar-refractivity contribution >= 4 is 5.65 Å². The molecule has 0 saturated heterocycles. The summed E-state index contributed by atoms with van der Waals surface area (Å²) in [7, 11) is 0. The van der Waals surface area contributed by atoms with Crippen LogP contribution in [0.5, 0.6) is 0 Å². The maximum absolute atomic E-state index is 4.73. The number of aromatic nitrogens is 2. The Kier molecular flexibility index (Phi) is 2.63. The van der Waals surface area contributed by atoms with Crippen molar-refractivity contribution < 1.29 is 0 Å². The molecule has 3 aromatic rings. The number of rotatable bonds is 2. The first-order valence-electron chi connectivity index (χ1n) is 6.33. The molecule has 0 spiro atoms. The van der Waals surface area contributed by atoms with Gasteiger partial charge in [0.25, 0.3) is 0 Å². The van der Waals surface area contributed by atoms with Gasteiger partial charge in [0.05, 0.1) is 11.4 Å². The van der Waals surface area contributed by atoms with Crippen molar-refractivity contribution in [1.29, 1.82) is 0 Å². The van der Waals surface area contributed by atoms with Crippen LogP contribution in [0.4, 0.5) is 0 Å². The summed E-state index contributed by atoms with van der Waals surface area (Å²) in [6, 6.07) is 16.7. The average Bonchev–Trinajstić information content (AvgIpc) is 2.79. The lowest BCUT2D eigenvalue weighted by atomic mass is 10.1. The van der Waals surface area contributed by atoms with Crippen LogP contribution in [0.25, 0.3) is 16.9 Å². The van der Waals surface area contributed by atoms with Gasteiger partial charge in [-0.2, -0.15) is 0 Å². The zero-order valence-corrected chi connectivity index (χ0v) is 10.7. The predicted octanol–water partition coefficient (Wildman–Crippen LogP) is 3.87.